The van der Waals surface area contributed by atoms with Crippen LogP contribution < -0.4 is 5.43 Å². The van der Waals surface area contributed by atoms with E-state index < -0.39 is 10.9 Å². The third kappa shape index (κ3) is 3.93. The summed E-state index contributed by atoms with van der Waals surface area (Å²) in [6, 6.07) is 15.7. The Kier molecular flexibility index (Phi) is 4.75. The number of hydrogen-bond donors (Lipinski definition) is 2. The Morgan fingerprint density at radius 3 is 2.62 bits per heavy atom. The van der Waals surface area contributed by atoms with Crippen LogP contribution in [-0.2, 0) is 0 Å². The number of benzene rings is 2. The lowest BCUT2D eigenvalue weighted by atomic mass is 10.1. The molecular formula is C18H13N3O5. The summed E-state index contributed by atoms with van der Waals surface area (Å²) in [5.74, 6) is -0.0496. The highest BCUT2D eigenvalue weighted by Crippen LogP contribution is 2.25. The molecule has 130 valence electrons. The second-order valence-corrected chi connectivity index (χ2v) is 5.26. The zero-order valence-corrected chi connectivity index (χ0v) is 13.3. The molecule has 0 aliphatic heterocycles. The van der Waals surface area contributed by atoms with E-state index in [0.717, 1.165) is 0 Å². The Morgan fingerprint density at radius 1 is 1.15 bits per heavy atom. The van der Waals surface area contributed by atoms with Crippen molar-refractivity contribution in [2.45, 2.75) is 0 Å². The standard InChI is InChI=1S/C18H13N3O5/c22-18(23)12-4-6-14(7-5-12)20-19-11-16-8-9-17(26-16)13-2-1-3-15(10-13)21(24)25/h1-11,20H,(H,22,23). The highest BCUT2D eigenvalue weighted by Gasteiger charge is 2.09. The van der Waals surface area contributed by atoms with Gasteiger partial charge >= 0.3 is 5.97 Å². The first-order chi connectivity index (χ1) is 12.5. The van der Waals surface area contributed by atoms with Crippen LogP contribution in [0.25, 0.3) is 11.3 Å². The summed E-state index contributed by atoms with van der Waals surface area (Å²) in [7, 11) is 0. The fourth-order valence-electron chi connectivity index (χ4n) is 2.21. The molecule has 0 fully saturated rings. The molecule has 2 N–H and O–H groups in total. The van der Waals surface area contributed by atoms with Crippen molar-refractivity contribution >= 4 is 23.6 Å². The Labute approximate surface area is 147 Å². The van der Waals surface area contributed by atoms with Gasteiger partial charge in [-0.1, -0.05) is 12.1 Å². The van der Waals surface area contributed by atoms with Crippen molar-refractivity contribution in [2.24, 2.45) is 5.10 Å². The number of nitro benzene ring substituents is 1. The number of nitrogens with one attached hydrogen (secondary N) is 1. The monoisotopic (exact) mass is 351 g/mol. The largest absolute Gasteiger partial charge is 0.478 e. The molecule has 3 aromatic rings. The molecule has 0 amide bonds. The normalized spacial score (nSPS) is 10.8. The second kappa shape index (κ2) is 7.31. The summed E-state index contributed by atoms with van der Waals surface area (Å²) in [5, 5.41) is 23.7. The van der Waals surface area contributed by atoms with E-state index in [9.17, 15) is 14.9 Å². The third-order valence-corrected chi connectivity index (χ3v) is 3.49. The van der Waals surface area contributed by atoms with E-state index in [4.69, 9.17) is 9.52 Å². The molecule has 0 saturated heterocycles. The summed E-state index contributed by atoms with van der Waals surface area (Å²) >= 11 is 0. The number of carboxylic acids is 1. The molecule has 0 spiro atoms. The number of hydrazone groups is 1. The van der Waals surface area contributed by atoms with Crippen molar-refractivity contribution in [2.75, 3.05) is 5.43 Å². The van der Waals surface area contributed by atoms with E-state index in [1.165, 1.54) is 30.5 Å². The number of nitro groups is 1. The number of carbonyl (C=O) groups is 1. The molecule has 26 heavy (non-hydrogen) atoms. The molecule has 3 rings (SSSR count). The molecule has 1 heterocycles. The summed E-state index contributed by atoms with van der Waals surface area (Å²) in [5.41, 5.74) is 4.15. The maximum atomic E-state index is 10.8. The van der Waals surface area contributed by atoms with Crippen LogP contribution in [0.1, 0.15) is 16.1 Å². The average molecular weight is 351 g/mol. The summed E-state index contributed by atoms with van der Waals surface area (Å²) in [6.45, 7) is 0. The van der Waals surface area contributed by atoms with Crippen molar-refractivity contribution in [1.29, 1.82) is 0 Å². The second-order valence-electron chi connectivity index (χ2n) is 5.26. The Bertz CT molecular complexity index is 977. The van der Waals surface area contributed by atoms with Crippen molar-refractivity contribution in [3.63, 3.8) is 0 Å². The van der Waals surface area contributed by atoms with Crippen LogP contribution in [0.3, 0.4) is 0 Å². The van der Waals surface area contributed by atoms with Gasteiger partial charge in [-0.15, -0.1) is 0 Å². The lowest BCUT2D eigenvalue weighted by Crippen LogP contribution is -1.96. The minimum Gasteiger partial charge on any atom is -0.478 e. The van der Waals surface area contributed by atoms with Gasteiger partial charge in [-0.3, -0.25) is 15.5 Å². The lowest BCUT2D eigenvalue weighted by Gasteiger charge is -2.00. The maximum absolute atomic E-state index is 10.8. The molecule has 0 saturated carbocycles. The van der Waals surface area contributed by atoms with Gasteiger partial charge in [0.25, 0.3) is 5.69 Å². The van der Waals surface area contributed by atoms with Crippen molar-refractivity contribution < 1.29 is 19.2 Å². The first-order valence-electron chi connectivity index (χ1n) is 7.50. The summed E-state index contributed by atoms with van der Waals surface area (Å²) in [6.07, 6.45) is 1.45. The van der Waals surface area contributed by atoms with Crippen LogP contribution in [0.15, 0.2) is 70.2 Å². The molecule has 0 atom stereocenters. The van der Waals surface area contributed by atoms with Crippen molar-refractivity contribution in [3.05, 3.63) is 82.1 Å². The highest BCUT2D eigenvalue weighted by atomic mass is 16.6. The van der Waals surface area contributed by atoms with Gasteiger partial charge in [0.05, 0.1) is 22.4 Å². The predicted octanol–water partition coefficient (Wildman–Crippen LogP) is 4.00. The summed E-state index contributed by atoms with van der Waals surface area (Å²) in [4.78, 5) is 21.2. The molecule has 0 radical (unpaired) electrons. The number of carboxylic acid groups (broad SMARTS) is 1. The van der Waals surface area contributed by atoms with Crippen LogP contribution in [0, 0.1) is 10.1 Å². The molecule has 1 aromatic heterocycles. The van der Waals surface area contributed by atoms with E-state index in [2.05, 4.69) is 10.5 Å². The van der Waals surface area contributed by atoms with Gasteiger partial charge in [0.2, 0.25) is 0 Å². The number of aromatic carboxylic acids is 1. The van der Waals surface area contributed by atoms with E-state index in [-0.39, 0.29) is 11.3 Å². The smallest absolute Gasteiger partial charge is 0.335 e. The number of hydrogen-bond acceptors (Lipinski definition) is 6. The number of non-ortho nitro benzene ring substituents is 1. The number of furan rings is 1. The minimum absolute atomic E-state index is 0.0133. The Hall–Kier alpha value is -3.94. The SMILES string of the molecule is O=C(O)c1ccc(NN=Cc2ccc(-c3cccc([N+](=O)[O-])c3)o2)cc1. The first-order valence-corrected chi connectivity index (χ1v) is 7.50. The van der Waals surface area contributed by atoms with Gasteiger partial charge in [-0.2, -0.15) is 5.10 Å². The molecular weight excluding hydrogens is 338 g/mol. The average Bonchev–Trinajstić information content (AvgIpc) is 3.11. The number of nitrogens with zero attached hydrogens (tertiary/aromatic N) is 2. The van der Waals surface area contributed by atoms with Crippen molar-refractivity contribution in [1.82, 2.24) is 0 Å². The van der Waals surface area contributed by atoms with Crippen LogP contribution in [-0.4, -0.2) is 22.2 Å². The van der Waals surface area contributed by atoms with Crippen molar-refractivity contribution in [3.8, 4) is 11.3 Å². The van der Waals surface area contributed by atoms with Crippen LogP contribution in [0.4, 0.5) is 11.4 Å². The zero-order chi connectivity index (χ0) is 18.5. The van der Waals surface area contributed by atoms with Crippen LogP contribution >= 0.6 is 0 Å². The quantitative estimate of drug-likeness (QED) is 0.394. The fraction of sp³-hybridized carbons (Fsp3) is 0. The van der Waals surface area contributed by atoms with Gasteiger partial charge in [-0.25, -0.2) is 4.79 Å². The molecule has 8 nitrogen and oxygen atoms in total. The maximum Gasteiger partial charge on any atom is 0.335 e. The van der Waals surface area contributed by atoms with E-state index in [1.54, 1.807) is 36.4 Å². The van der Waals surface area contributed by atoms with Gasteiger partial charge in [0.15, 0.2) is 0 Å². The predicted molar refractivity (Wildman–Crippen MR) is 95.4 cm³/mol. The Balaban J connectivity index is 1.68. The molecule has 0 aliphatic rings. The minimum atomic E-state index is -0.996. The molecule has 0 aliphatic carbocycles. The highest BCUT2D eigenvalue weighted by molar-refractivity contribution is 5.88. The number of anilines is 1. The van der Waals surface area contributed by atoms with Crippen LogP contribution in [0.5, 0.6) is 0 Å². The molecule has 0 bridgehead atoms. The van der Waals surface area contributed by atoms with Gasteiger partial charge in [-0.05, 0) is 36.4 Å². The third-order valence-electron chi connectivity index (χ3n) is 3.49. The van der Waals surface area contributed by atoms with Gasteiger partial charge in [0.1, 0.15) is 11.5 Å². The molecule has 2 aromatic carbocycles. The topological polar surface area (TPSA) is 118 Å². The van der Waals surface area contributed by atoms with Crippen LogP contribution in [0.2, 0.25) is 0 Å². The van der Waals surface area contributed by atoms with E-state index >= 15 is 0 Å². The van der Waals surface area contributed by atoms with E-state index in [1.807, 2.05) is 0 Å². The summed E-state index contributed by atoms with van der Waals surface area (Å²) < 4.78 is 5.60. The first kappa shape index (κ1) is 16.9. The fourth-order valence-corrected chi connectivity index (χ4v) is 2.21. The number of rotatable bonds is 6. The van der Waals surface area contributed by atoms with Gasteiger partial charge < -0.3 is 9.52 Å². The van der Waals surface area contributed by atoms with E-state index in [0.29, 0.717) is 22.8 Å². The molecule has 0 unspecified atom stereocenters. The van der Waals surface area contributed by atoms with Gasteiger partial charge in [0, 0.05) is 17.7 Å². The zero-order valence-electron chi connectivity index (χ0n) is 13.3. The molecule has 8 heteroatoms. The lowest BCUT2D eigenvalue weighted by molar-refractivity contribution is -0.384. The Morgan fingerprint density at radius 2 is 1.92 bits per heavy atom.